The van der Waals surface area contributed by atoms with Crippen molar-refractivity contribution in [2.45, 2.75) is 13.0 Å². The van der Waals surface area contributed by atoms with Gasteiger partial charge >= 0.3 is 5.97 Å². The van der Waals surface area contributed by atoms with Gasteiger partial charge in [0.1, 0.15) is 0 Å². The number of nitrogens with two attached hydrogens (primary N) is 1. The van der Waals surface area contributed by atoms with Gasteiger partial charge in [-0.25, -0.2) is 4.79 Å². The molecule has 2 heterocycles. The zero-order chi connectivity index (χ0) is 12.3. The first kappa shape index (κ1) is 12.0. The largest absolute Gasteiger partial charge is 0.476 e. The highest BCUT2D eigenvalue weighted by Gasteiger charge is 2.20. The molecule has 0 amide bonds. The first-order valence-corrected chi connectivity index (χ1v) is 5.75. The van der Waals surface area contributed by atoms with E-state index in [-0.39, 0.29) is 5.69 Å². The summed E-state index contributed by atoms with van der Waals surface area (Å²) in [5.41, 5.74) is 5.61. The molecule has 94 valence electrons. The van der Waals surface area contributed by atoms with Crippen LogP contribution in [0.2, 0.25) is 0 Å². The average Bonchev–Trinajstić information content (AvgIpc) is 2.95. The van der Waals surface area contributed by atoms with Gasteiger partial charge in [0.2, 0.25) is 0 Å². The van der Waals surface area contributed by atoms with Gasteiger partial charge < -0.3 is 15.7 Å². The lowest BCUT2D eigenvalue weighted by Crippen LogP contribution is -2.26. The summed E-state index contributed by atoms with van der Waals surface area (Å²) in [4.78, 5) is 12.9. The molecule has 7 heteroatoms. The summed E-state index contributed by atoms with van der Waals surface area (Å²) < 4.78 is 1.57. The van der Waals surface area contributed by atoms with Crippen molar-refractivity contribution in [2.24, 2.45) is 11.7 Å². The minimum Gasteiger partial charge on any atom is -0.476 e. The Morgan fingerprint density at radius 2 is 2.41 bits per heavy atom. The molecule has 0 radical (unpaired) electrons. The second-order valence-corrected chi connectivity index (χ2v) is 4.36. The lowest BCUT2D eigenvalue weighted by atomic mass is 10.1. The summed E-state index contributed by atoms with van der Waals surface area (Å²) in [6, 6.07) is 0. The minimum atomic E-state index is -1.04. The van der Waals surface area contributed by atoms with Crippen molar-refractivity contribution in [2.75, 3.05) is 26.2 Å². The molecule has 1 atom stereocenters. The van der Waals surface area contributed by atoms with E-state index in [1.54, 1.807) is 4.68 Å². The number of rotatable bonds is 5. The van der Waals surface area contributed by atoms with Crippen LogP contribution < -0.4 is 5.73 Å². The van der Waals surface area contributed by atoms with Gasteiger partial charge in [-0.05, 0) is 25.4 Å². The summed E-state index contributed by atoms with van der Waals surface area (Å²) in [6.45, 7) is 4.35. The van der Waals surface area contributed by atoms with E-state index in [1.165, 1.54) is 6.20 Å². The van der Waals surface area contributed by atoms with Crippen LogP contribution in [-0.2, 0) is 6.54 Å². The molecule has 1 unspecified atom stereocenters. The van der Waals surface area contributed by atoms with Crippen molar-refractivity contribution in [3.63, 3.8) is 0 Å². The molecule has 1 aliphatic rings. The fourth-order valence-corrected chi connectivity index (χ4v) is 2.06. The second-order valence-electron chi connectivity index (χ2n) is 4.36. The maximum atomic E-state index is 10.6. The van der Waals surface area contributed by atoms with Gasteiger partial charge in [0, 0.05) is 13.1 Å². The number of aromatic nitrogens is 3. The number of aromatic carboxylic acids is 1. The summed E-state index contributed by atoms with van der Waals surface area (Å²) >= 11 is 0. The van der Waals surface area contributed by atoms with Gasteiger partial charge in [0.05, 0.1) is 12.7 Å². The quantitative estimate of drug-likeness (QED) is 0.702. The molecule has 3 N–H and O–H groups in total. The third-order valence-corrected chi connectivity index (χ3v) is 3.11. The zero-order valence-corrected chi connectivity index (χ0v) is 9.62. The monoisotopic (exact) mass is 239 g/mol. The van der Waals surface area contributed by atoms with Crippen molar-refractivity contribution in [3.05, 3.63) is 11.9 Å². The Kier molecular flexibility index (Phi) is 3.70. The Bertz CT molecular complexity index is 392. The first-order chi connectivity index (χ1) is 8.19. The number of carbonyl (C=O) groups is 1. The maximum absolute atomic E-state index is 10.6. The second kappa shape index (κ2) is 5.24. The standard InChI is InChI=1S/C10H17N5O2/c11-5-8-1-2-14(6-8)3-4-15-7-9(10(16)17)12-13-15/h7-8H,1-6,11H2,(H,16,17). The van der Waals surface area contributed by atoms with E-state index in [2.05, 4.69) is 15.2 Å². The SMILES string of the molecule is NCC1CCN(CCn2cc(C(=O)O)nn2)C1. The Balaban J connectivity index is 1.80. The Labute approximate surface area is 99.2 Å². The van der Waals surface area contributed by atoms with E-state index in [0.717, 1.165) is 32.6 Å². The topological polar surface area (TPSA) is 97.3 Å². The maximum Gasteiger partial charge on any atom is 0.358 e. The number of hydrogen-bond donors (Lipinski definition) is 2. The van der Waals surface area contributed by atoms with Crippen molar-refractivity contribution >= 4 is 5.97 Å². The van der Waals surface area contributed by atoms with Crippen molar-refractivity contribution < 1.29 is 9.90 Å². The predicted molar refractivity (Wildman–Crippen MR) is 60.6 cm³/mol. The summed E-state index contributed by atoms with van der Waals surface area (Å²) in [5, 5.41) is 16.0. The molecule has 0 saturated carbocycles. The fraction of sp³-hybridized carbons (Fsp3) is 0.700. The van der Waals surface area contributed by atoms with Gasteiger partial charge in [0.15, 0.2) is 5.69 Å². The Morgan fingerprint density at radius 3 is 3.00 bits per heavy atom. The van der Waals surface area contributed by atoms with Crippen LogP contribution in [0.5, 0.6) is 0 Å². The third-order valence-electron chi connectivity index (χ3n) is 3.11. The molecule has 17 heavy (non-hydrogen) atoms. The number of carboxylic acid groups (broad SMARTS) is 1. The van der Waals surface area contributed by atoms with Crippen LogP contribution >= 0.6 is 0 Å². The van der Waals surface area contributed by atoms with Crippen LogP contribution in [0.15, 0.2) is 6.20 Å². The molecule has 7 nitrogen and oxygen atoms in total. The third kappa shape index (κ3) is 3.01. The highest BCUT2D eigenvalue weighted by molar-refractivity contribution is 5.84. The van der Waals surface area contributed by atoms with E-state index >= 15 is 0 Å². The molecule has 2 rings (SSSR count). The highest BCUT2D eigenvalue weighted by Crippen LogP contribution is 2.14. The molecule has 1 saturated heterocycles. The first-order valence-electron chi connectivity index (χ1n) is 5.75. The van der Waals surface area contributed by atoms with E-state index in [1.807, 2.05) is 0 Å². The number of carboxylic acids is 1. The molecule has 0 spiro atoms. The van der Waals surface area contributed by atoms with Crippen LogP contribution in [0.1, 0.15) is 16.9 Å². The molecule has 1 aromatic rings. The molecule has 0 aromatic carbocycles. The highest BCUT2D eigenvalue weighted by atomic mass is 16.4. The summed E-state index contributed by atoms with van der Waals surface area (Å²) in [6.07, 6.45) is 2.60. The molecular formula is C10H17N5O2. The van der Waals surface area contributed by atoms with Gasteiger partial charge in [-0.3, -0.25) is 4.68 Å². The Morgan fingerprint density at radius 1 is 1.59 bits per heavy atom. The molecule has 0 bridgehead atoms. The van der Waals surface area contributed by atoms with E-state index < -0.39 is 5.97 Å². The van der Waals surface area contributed by atoms with Gasteiger partial charge in [-0.15, -0.1) is 5.10 Å². The van der Waals surface area contributed by atoms with Gasteiger partial charge in [-0.1, -0.05) is 5.21 Å². The smallest absolute Gasteiger partial charge is 0.358 e. The minimum absolute atomic E-state index is 0.00810. The van der Waals surface area contributed by atoms with Crippen molar-refractivity contribution in [3.8, 4) is 0 Å². The fourth-order valence-electron chi connectivity index (χ4n) is 2.06. The van der Waals surface area contributed by atoms with E-state index in [4.69, 9.17) is 10.8 Å². The predicted octanol–water partition coefficient (Wildman–Crippen LogP) is -0.743. The van der Waals surface area contributed by atoms with Crippen LogP contribution in [0, 0.1) is 5.92 Å². The molecule has 1 aliphatic heterocycles. The lowest BCUT2D eigenvalue weighted by Gasteiger charge is -2.14. The number of hydrogen-bond acceptors (Lipinski definition) is 5. The van der Waals surface area contributed by atoms with E-state index in [0.29, 0.717) is 12.5 Å². The van der Waals surface area contributed by atoms with Crippen LogP contribution in [0.4, 0.5) is 0 Å². The number of nitrogens with zero attached hydrogens (tertiary/aromatic N) is 4. The zero-order valence-electron chi connectivity index (χ0n) is 9.62. The van der Waals surface area contributed by atoms with Crippen molar-refractivity contribution in [1.82, 2.24) is 19.9 Å². The van der Waals surface area contributed by atoms with E-state index in [9.17, 15) is 4.79 Å². The van der Waals surface area contributed by atoms with Crippen LogP contribution in [0.3, 0.4) is 0 Å². The molecule has 0 aliphatic carbocycles. The van der Waals surface area contributed by atoms with Gasteiger partial charge in [0.25, 0.3) is 0 Å². The lowest BCUT2D eigenvalue weighted by molar-refractivity contribution is 0.0690. The molecular weight excluding hydrogens is 222 g/mol. The molecule has 1 fully saturated rings. The van der Waals surface area contributed by atoms with Gasteiger partial charge in [-0.2, -0.15) is 0 Å². The molecule has 1 aromatic heterocycles. The average molecular weight is 239 g/mol. The van der Waals surface area contributed by atoms with Crippen LogP contribution in [0.25, 0.3) is 0 Å². The summed E-state index contributed by atoms with van der Waals surface area (Å²) in [5.74, 6) is -0.444. The normalized spacial score (nSPS) is 20.9. The van der Waals surface area contributed by atoms with Crippen LogP contribution in [-0.4, -0.2) is 57.1 Å². The van der Waals surface area contributed by atoms with Crippen molar-refractivity contribution in [1.29, 1.82) is 0 Å². The Hall–Kier alpha value is -1.47. The number of likely N-dealkylation sites (tertiary alicyclic amines) is 1. The summed E-state index contributed by atoms with van der Waals surface area (Å²) in [7, 11) is 0.